The highest BCUT2D eigenvalue weighted by Crippen LogP contribution is 2.40. The molecule has 61 heavy (non-hydrogen) atoms. The molecule has 0 aliphatic heterocycles. The van der Waals surface area contributed by atoms with Gasteiger partial charge >= 0.3 is 5.97 Å². The number of fused-ring (bicyclic) bond motifs is 2. The van der Waals surface area contributed by atoms with Crippen LogP contribution in [0.1, 0.15) is 31.8 Å². The van der Waals surface area contributed by atoms with E-state index in [4.69, 9.17) is 5.73 Å². The topological polar surface area (TPSA) is 280 Å². The fraction of sp³-hybridized carbons (Fsp3) is 0. The quantitative estimate of drug-likeness (QED) is 0.0218. The number of ketones is 3. The zero-order valence-corrected chi connectivity index (χ0v) is 32.1. The van der Waals surface area contributed by atoms with Crippen molar-refractivity contribution in [2.75, 3.05) is 32.4 Å². The lowest BCUT2D eigenvalue weighted by Gasteiger charge is -2.23. The number of aromatic nitrogens is 3. The molecule has 6 aromatic rings. The summed E-state index contributed by atoms with van der Waals surface area (Å²) in [5.74, 6) is -2.66. The SMILES string of the molecule is Nc1c(S(=O)(=O)O)cc(Nc2ccc(Nc3nc(Nc4ccccc4)nc(Nc4ccc(N/N=C5\C=CC(=O)C(C(=O)O)=C5)cc4)n3)cc2)c2c1C(=O)c1ccccc1C2=O. The Labute approximate surface area is 345 Å². The zero-order chi connectivity index (χ0) is 42.8. The number of nitrogens with zero attached hydrogens (tertiary/aromatic N) is 4. The first-order valence-electron chi connectivity index (χ1n) is 18.0. The number of hydrogen-bond acceptors (Lipinski definition) is 16. The second-order valence-corrected chi connectivity index (χ2v) is 14.7. The number of nitrogens with one attached hydrogen (secondary N) is 5. The molecule has 0 spiro atoms. The van der Waals surface area contributed by atoms with E-state index in [0.717, 1.165) is 12.1 Å². The van der Waals surface area contributed by atoms with Gasteiger partial charge in [0, 0.05) is 33.9 Å². The van der Waals surface area contributed by atoms with Gasteiger partial charge in [0.05, 0.1) is 33.9 Å². The minimum atomic E-state index is -4.90. The highest BCUT2D eigenvalue weighted by atomic mass is 32.2. The maximum atomic E-state index is 13.7. The van der Waals surface area contributed by atoms with Crippen LogP contribution in [0, 0.1) is 0 Å². The van der Waals surface area contributed by atoms with Crippen LogP contribution in [-0.4, -0.2) is 62.1 Å². The first kappa shape index (κ1) is 39.3. The standard InChI is InChI=1S/C42H30N10O8S/c43-36-33(61(58,59)60)21-31(34-35(36)38(55)29-9-5-4-8-28(29)37(34)54)44-23-10-12-24(13-11-23)46-41-48-40(45-22-6-2-1-3-7-22)49-42(50-41)47-25-14-16-26(17-15-25)51-52-27-18-19-32(53)30(20-27)39(56)57/h1-21,44,51H,43H2,(H,56,57)(H,58,59,60)(H3,45,46,47,48,49,50)/b52-27+. The minimum absolute atomic E-state index is 0.0575. The molecule has 0 saturated carbocycles. The molecule has 0 radical (unpaired) electrons. The molecule has 8 rings (SSSR count). The van der Waals surface area contributed by atoms with Crippen molar-refractivity contribution < 1.29 is 37.3 Å². The molecule has 9 N–H and O–H groups in total. The van der Waals surface area contributed by atoms with E-state index >= 15 is 0 Å². The summed E-state index contributed by atoms with van der Waals surface area (Å²) in [6, 6.07) is 29.8. The van der Waals surface area contributed by atoms with E-state index in [1.807, 2.05) is 30.3 Å². The van der Waals surface area contributed by atoms with E-state index in [0.29, 0.717) is 28.4 Å². The van der Waals surface area contributed by atoms with Crippen LogP contribution < -0.4 is 32.4 Å². The van der Waals surface area contributed by atoms with Crippen molar-refractivity contribution in [3.8, 4) is 0 Å². The van der Waals surface area contributed by atoms with Crippen LogP contribution in [0.25, 0.3) is 0 Å². The molecule has 0 amide bonds. The third-order valence-electron chi connectivity index (χ3n) is 9.21. The van der Waals surface area contributed by atoms with E-state index in [-0.39, 0.29) is 57.1 Å². The predicted molar refractivity (Wildman–Crippen MR) is 227 cm³/mol. The molecule has 1 aromatic heterocycles. The molecule has 0 fully saturated rings. The smallest absolute Gasteiger partial charge is 0.339 e. The molecule has 302 valence electrons. The number of carboxylic acids is 1. The average Bonchev–Trinajstić information content (AvgIpc) is 3.24. The van der Waals surface area contributed by atoms with Gasteiger partial charge in [-0.1, -0.05) is 42.5 Å². The number of carboxylic acid groups (broad SMARTS) is 1. The van der Waals surface area contributed by atoms with Crippen molar-refractivity contribution in [1.29, 1.82) is 0 Å². The normalized spacial score (nSPS) is 13.8. The summed E-state index contributed by atoms with van der Waals surface area (Å²) in [7, 11) is -4.90. The predicted octanol–water partition coefficient (Wildman–Crippen LogP) is 6.37. The van der Waals surface area contributed by atoms with Crippen LogP contribution >= 0.6 is 0 Å². The van der Waals surface area contributed by atoms with E-state index in [9.17, 15) is 37.3 Å². The van der Waals surface area contributed by atoms with Crippen molar-refractivity contribution in [3.63, 3.8) is 0 Å². The van der Waals surface area contributed by atoms with Crippen LogP contribution in [0.5, 0.6) is 0 Å². The van der Waals surface area contributed by atoms with Gasteiger partial charge in [-0.15, -0.1) is 0 Å². The number of aliphatic carboxylic acids is 1. The van der Waals surface area contributed by atoms with Gasteiger partial charge in [-0.25, -0.2) is 4.79 Å². The number of hydrogen-bond donors (Lipinski definition) is 8. The summed E-state index contributed by atoms with van der Waals surface area (Å²) in [5, 5.41) is 25.8. The Morgan fingerprint density at radius 3 is 1.62 bits per heavy atom. The molecule has 19 heteroatoms. The van der Waals surface area contributed by atoms with Crippen LogP contribution in [0.3, 0.4) is 0 Å². The molecule has 0 bridgehead atoms. The molecular formula is C42H30N10O8S. The van der Waals surface area contributed by atoms with Gasteiger partial charge in [-0.05, 0) is 85.0 Å². The van der Waals surface area contributed by atoms with Crippen LogP contribution in [-0.2, 0) is 19.7 Å². The number of benzene rings is 5. The number of para-hydroxylation sites is 1. The number of allylic oxidation sites excluding steroid dienone is 3. The molecule has 2 aliphatic rings. The second kappa shape index (κ2) is 16.0. The highest BCUT2D eigenvalue weighted by Gasteiger charge is 2.36. The zero-order valence-electron chi connectivity index (χ0n) is 31.2. The van der Waals surface area contributed by atoms with Gasteiger partial charge in [0.15, 0.2) is 17.3 Å². The van der Waals surface area contributed by atoms with Gasteiger partial charge in [-0.3, -0.25) is 24.4 Å². The number of carbonyl (C=O) groups is 4. The molecule has 1 heterocycles. The Balaban J connectivity index is 1.03. The molecule has 0 saturated heterocycles. The van der Waals surface area contributed by atoms with Gasteiger partial charge in [0.25, 0.3) is 10.1 Å². The Bertz CT molecular complexity index is 3010. The monoisotopic (exact) mass is 834 g/mol. The fourth-order valence-corrected chi connectivity index (χ4v) is 7.01. The summed E-state index contributed by atoms with van der Waals surface area (Å²) in [5.41, 5.74) is 10.7. The van der Waals surface area contributed by atoms with Crippen molar-refractivity contribution in [2.24, 2.45) is 5.10 Å². The first-order chi connectivity index (χ1) is 29.3. The molecule has 0 atom stereocenters. The number of anilines is 10. The third kappa shape index (κ3) is 8.39. The van der Waals surface area contributed by atoms with Gasteiger partial charge in [0.2, 0.25) is 17.8 Å². The Morgan fingerprint density at radius 1 is 0.623 bits per heavy atom. The van der Waals surface area contributed by atoms with Gasteiger partial charge < -0.3 is 32.1 Å². The van der Waals surface area contributed by atoms with Crippen molar-refractivity contribution in [3.05, 3.63) is 155 Å². The van der Waals surface area contributed by atoms with Crippen LogP contribution in [0.4, 0.5) is 57.7 Å². The van der Waals surface area contributed by atoms with Gasteiger partial charge in [0.1, 0.15) is 10.5 Å². The lowest BCUT2D eigenvalue weighted by atomic mass is 9.82. The van der Waals surface area contributed by atoms with E-state index < -0.39 is 44.0 Å². The largest absolute Gasteiger partial charge is 0.478 e. The van der Waals surface area contributed by atoms with Crippen molar-refractivity contribution >= 4 is 96.8 Å². The van der Waals surface area contributed by atoms with E-state index in [2.05, 4.69) is 46.7 Å². The molecule has 2 aliphatic carbocycles. The number of nitrogens with two attached hydrogens (primary N) is 1. The van der Waals surface area contributed by atoms with E-state index in [1.165, 1.54) is 24.3 Å². The lowest BCUT2D eigenvalue weighted by Crippen LogP contribution is -2.25. The summed E-state index contributed by atoms with van der Waals surface area (Å²) >= 11 is 0. The number of nitrogen functional groups attached to an aromatic ring is 1. The highest BCUT2D eigenvalue weighted by molar-refractivity contribution is 7.86. The number of rotatable bonds is 12. The van der Waals surface area contributed by atoms with Crippen LogP contribution in [0.15, 0.2) is 143 Å². The van der Waals surface area contributed by atoms with Gasteiger partial charge in [-0.2, -0.15) is 28.5 Å². The Hall–Kier alpha value is -8.55. The third-order valence-corrected chi connectivity index (χ3v) is 10.1. The fourth-order valence-electron chi connectivity index (χ4n) is 6.36. The van der Waals surface area contributed by atoms with Crippen molar-refractivity contribution in [1.82, 2.24) is 15.0 Å². The number of carbonyl (C=O) groups excluding carboxylic acids is 3. The van der Waals surface area contributed by atoms with E-state index in [1.54, 1.807) is 60.7 Å². The maximum Gasteiger partial charge on any atom is 0.339 e. The summed E-state index contributed by atoms with van der Waals surface area (Å²) < 4.78 is 34.7. The molecule has 18 nitrogen and oxygen atoms in total. The minimum Gasteiger partial charge on any atom is -0.478 e. The average molecular weight is 835 g/mol. The van der Waals surface area contributed by atoms with Crippen molar-refractivity contribution in [2.45, 2.75) is 4.90 Å². The lowest BCUT2D eigenvalue weighted by molar-refractivity contribution is -0.134. The Morgan fingerprint density at radius 2 is 1.10 bits per heavy atom. The summed E-state index contributed by atoms with van der Waals surface area (Å²) in [6.45, 7) is 0. The summed E-state index contributed by atoms with van der Waals surface area (Å²) in [4.78, 5) is 63.2. The summed E-state index contributed by atoms with van der Waals surface area (Å²) in [6.07, 6.45) is 3.72. The second-order valence-electron chi connectivity index (χ2n) is 13.3. The first-order valence-corrected chi connectivity index (χ1v) is 19.5. The Kier molecular flexibility index (Phi) is 10.3. The molecule has 5 aromatic carbocycles. The maximum absolute atomic E-state index is 13.7. The number of hydrazone groups is 1. The molecular weight excluding hydrogens is 805 g/mol. The van der Waals surface area contributed by atoms with Crippen LogP contribution in [0.2, 0.25) is 0 Å². The molecule has 0 unspecified atom stereocenters.